The van der Waals surface area contributed by atoms with Gasteiger partial charge in [0, 0.05) is 26.4 Å². The summed E-state index contributed by atoms with van der Waals surface area (Å²) in [7, 11) is 0. The maximum atomic E-state index is 6.52. The molecule has 0 aromatic rings. The van der Waals surface area contributed by atoms with E-state index >= 15 is 0 Å². The fourth-order valence-electron chi connectivity index (χ4n) is 8.96. The highest BCUT2D eigenvalue weighted by molar-refractivity contribution is 4.90. The molecule has 0 saturated carbocycles. The van der Waals surface area contributed by atoms with E-state index in [1.807, 2.05) is 0 Å². The molecule has 0 bridgehead atoms. The Kier molecular flexibility index (Phi) is 61.0. The molecule has 0 aromatic carbocycles. The van der Waals surface area contributed by atoms with Crippen LogP contribution in [0.25, 0.3) is 0 Å². The van der Waals surface area contributed by atoms with Crippen LogP contribution in [0.15, 0.2) is 24.3 Å². The van der Waals surface area contributed by atoms with Gasteiger partial charge < -0.3 is 33.2 Å². The number of rotatable bonds is 62. The average molecular weight is 1010 g/mol. The lowest BCUT2D eigenvalue weighted by Gasteiger charge is -2.21. The Hall–Kier alpha value is -0.800. The van der Waals surface area contributed by atoms with Crippen LogP contribution in [-0.4, -0.2) is 64.8 Å². The van der Waals surface area contributed by atoms with Crippen LogP contribution in [0.5, 0.6) is 0 Å². The van der Waals surface area contributed by atoms with Crippen molar-refractivity contribution in [2.24, 2.45) is 0 Å². The van der Waals surface area contributed by atoms with E-state index in [9.17, 15) is 0 Å². The SMILES string of the molecule is CCCCCCCOC(CCCCCCCCCC=CC(OCCCCC)OC(C=CCCCCCCCCCC(OCCCCCCC)OCCCCCCC)OCCCCC)OCCCCCCC. The third kappa shape index (κ3) is 55.3. The van der Waals surface area contributed by atoms with Gasteiger partial charge in [-0.25, -0.2) is 0 Å². The maximum Gasteiger partial charge on any atom is 0.180 e. The number of hydrogen-bond acceptors (Lipinski definition) is 7. The lowest BCUT2D eigenvalue weighted by molar-refractivity contribution is -0.208. The number of unbranched alkanes of at least 4 members (excludes halogenated alkanes) is 34. The summed E-state index contributed by atoms with van der Waals surface area (Å²) >= 11 is 0. The van der Waals surface area contributed by atoms with Crippen LogP contribution < -0.4 is 0 Å². The highest BCUT2D eigenvalue weighted by atomic mass is 16.8. The molecule has 0 rings (SSSR count). The van der Waals surface area contributed by atoms with E-state index in [2.05, 4.69) is 65.8 Å². The molecule has 0 fully saturated rings. The molecule has 71 heavy (non-hydrogen) atoms. The Morgan fingerprint density at radius 2 is 0.465 bits per heavy atom. The van der Waals surface area contributed by atoms with Crippen LogP contribution in [-0.2, 0) is 33.2 Å². The Labute approximate surface area is 444 Å². The molecule has 0 spiro atoms. The van der Waals surface area contributed by atoms with Gasteiger partial charge in [-0.2, -0.15) is 0 Å². The summed E-state index contributed by atoms with van der Waals surface area (Å²) in [6.07, 6.45) is 62.3. The molecule has 0 amide bonds. The van der Waals surface area contributed by atoms with Gasteiger partial charge in [-0.15, -0.1) is 0 Å². The van der Waals surface area contributed by atoms with Crippen LogP contribution in [0, 0.1) is 0 Å². The minimum atomic E-state index is -0.383. The molecule has 0 aliphatic rings. The zero-order valence-corrected chi connectivity index (χ0v) is 48.8. The number of ether oxygens (including phenoxy) is 7. The zero-order chi connectivity index (χ0) is 51.4. The monoisotopic (exact) mass is 1010 g/mol. The molecule has 7 heteroatoms. The van der Waals surface area contributed by atoms with Crippen molar-refractivity contribution in [1.82, 2.24) is 0 Å². The summed E-state index contributed by atoms with van der Waals surface area (Å²) in [5.41, 5.74) is 0. The average Bonchev–Trinajstić information content (AvgIpc) is 3.38. The molecule has 0 saturated heterocycles. The lowest BCUT2D eigenvalue weighted by Crippen LogP contribution is -2.25. The summed E-state index contributed by atoms with van der Waals surface area (Å²) < 4.78 is 44.1. The van der Waals surface area contributed by atoms with E-state index in [0.717, 1.165) is 90.6 Å². The van der Waals surface area contributed by atoms with Gasteiger partial charge in [0.2, 0.25) is 0 Å². The second-order valence-corrected chi connectivity index (χ2v) is 21.0. The minimum absolute atomic E-state index is 0.0159. The molecule has 424 valence electrons. The molecule has 0 heterocycles. The molecule has 0 aromatic heterocycles. The van der Waals surface area contributed by atoms with Crippen molar-refractivity contribution in [2.75, 3.05) is 39.6 Å². The Balaban J connectivity index is 4.70. The summed E-state index contributed by atoms with van der Waals surface area (Å²) in [4.78, 5) is 0. The molecule has 0 aliphatic carbocycles. The fourth-order valence-corrected chi connectivity index (χ4v) is 8.96. The summed E-state index contributed by atoms with van der Waals surface area (Å²) in [5, 5.41) is 0. The van der Waals surface area contributed by atoms with Gasteiger partial charge in [-0.1, -0.05) is 246 Å². The zero-order valence-electron chi connectivity index (χ0n) is 48.8. The van der Waals surface area contributed by atoms with Crippen molar-refractivity contribution < 1.29 is 33.2 Å². The van der Waals surface area contributed by atoms with Gasteiger partial charge in [-0.3, -0.25) is 0 Å². The maximum absolute atomic E-state index is 6.52. The van der Waals surface area contributed by atoms with Crippen molar-refractivity contribution in [3.8, 4) is 0 Å². The Morgan fingerprint density at radius 1 is 0.239 bits per heavy atom. The third-order valence-electron chi connectivity index (χ3n) is 13.7. The van der Waals surface area contributed by atoms with Crippen molar-refractivity contribution >= 4 is 0 Å². The predicted molar refractivity (Wildman–Crippen MR) is 307 cm³/mol. The van der Waals surface area contributed by atoms with Crippen molar-refractivity contribution in [3.63, 3.8) is 0 Å². The van der Waals surface area contributed by atoms with E-state index in [1.54, 1.807) is 0 Å². The van der Waals surface area contributed by atoms with E-state index in [0.29, 0.717) is 13.2 Å². The van der Waals surface area contributed by atoms with Crippen LogP contribution in [0.3, 0.4) is 0 Å². The van der Waals surface area contributed by atoms with Crippen LogP contribution >= 0.6 is 0 Å². The highest BCUT2D eigenvalue weighted by Gasteiger charge is 2.15. The van der Waals surface area contributed by atoms with Gasteiger partial charge in [0.05, 0.1) is 13.2 Å². The minimum Gasteiger partial charge on any atom is -0.353 e. The van der Waals surface area contributed by atoms with Crippen LogP contribution in [0.4, 0.5) is 0 Å². The van der Waals surface area contributed by atoms with E-state index in [1.165, 1.54) is 218 Å². The fraction of sp³-hybridized carbons (Fsp3) is 0.938. The first kappa shape index (κ1) is 70.2. The summed E-state index contributed by atoms with van der Waals surface area (Å²) in [6, 6.07) is 0. The van der Waals surface area contributed by atoms with Gasteiger partial charge in [0.1, 0.15) is 0 Å². The molecule has 0 radical (unpaired) electrons. The van der Waals surface area contributed by atoms with Crippen molar-refractivity contribution in [1.29, 1.82) is 0 Å². The smallest absolute Gasteiger partial charge is 0.180 e. The quantitative estimate of drug-likeness (QED) is 0.0342. The normalized spacial score (nSPS) is 13.1. The standard InChI is InChI=1S/C64H126O7/c1-7-13-19-37-47-57-65-61(66-58-48-38-20-14-8-2)51-41-33-29-25-23-27-31-35-43-53-63(69-55-45-17-11-5)71-64(70-56-46-18-12-6)54-44-36-32-28-24-26-30-34-42-52-62(67-59-49-39-21-15-9-3)68-60-50-40-22-16-10-4/h43-44,53-54,61-64H,7-42,45-52,55-60H2,1-6H3. The van der Waals surface area contributed by atoms with Crippen molar-refractivity contribution in [3.05, 3.63) is 24.3 Å². The molecule has 2 unspecified atom stereocenters. The first-order valence-corrected chi connectivity index (χ1v) is 31.8. The van der Waals surface area contributed by atoms with Gasteiger partial charge in [-0.05, 0) is 102 Å². The van der Waals surface area contributed by atoms with Gasteiger partial charge in [0.15, 0.2) is 25.2 Å². The Bertz CT molecular complexity index is 911. The molecular weight excluding hydrogens is 881 g/mol. The van der Waals surface area contributed by atoms with Crippen LogP contribution in [0.2, 0.25) is 0 Å². The van der Waals surface area contributed by atoms with E-state index in [-0.39, 0.29) is 25.2 Å². The third-order valence-corrected chi connectivity index (χ3v) is 13.7. The van der Waals surface area contributed by atoms with Gasteiger partial charge >= 0.3 is 0 Å². The molecule has 0 N–H and O–H groups in total. The van der Waals surface area contributed by atoms with Crippen molar-refractivity contribution in [2.45, 2.75) is 349 Å². The molecule has 0 aliphatic heterocycles. The molecule has 7 nitrogen and oxygen atoms in total. The second kappa shape index (κ2) is 61.7. The number of allylic oxidation sites excluding steroid dienone is 2. The first-order chi connectivity index (χ1) is 35.1. The second-order valence-electron chi connectivity index (χ2n) is 21.0. The predicted octanol–water partition coefficient (Wildman–Crippen LogP) is 20.8. The van der Waals surface area contributed by atoms with E-state index < -0.39 is 0 Å². The topological polar surface area (TPSA) is 64.6 Å². The summed E-state index contributed by atoms with van der Waals surface area (Å²) in [5.74, 6) is 0. The van der Waals surface area contributed by atoms with Gasteiger partial charge in [0.25, 0.3) is 0 Å². The van der Waals surface area contributed by atoms with Crippen LogP contribution in [0.1, 0.15) is 324 Å². The first-order valence-electron chi connectivity index (χ1n) is 31.8. The largest absolute Gasteiger partial charge is 0.353 e. The molecular formula is C64H126O7. The Morgan fingerprint density at radius 3 is 0.775 bits per heavy atom. The highest BCUT2D eigenvalue weighted by Crippen LogP contribution is 2.18. The lowest BCUT2D eigenvalue weighted by atomic mass is 10.1. The van der Waals surface area contributed by atoms with E-state index in [4.69, 9.17) is 33.2 Å². The molecule has 2 atom stereocenters. The summed E-state index contributed by atoms with van der Waals surface area (Å²) in [6.45, 7) is 18.4. The number of hydrogen-bond donors (Lipinski definition) is 0.